The number of amides is 1. The number of fused-ring (bicyclic) bond motifs is 1. The van der Waals surface area contributed by atoms with Gasteiger partial charge in [0.2, 0.25) is 0 Å². The smallest absolute Gasteiger partial charge is 0.335 e. The van der Waals surface area contributed by atoms with Crippen LogP contribution in [0.5, 0.6) is 0 Å². The molecule has 3 rings (SSSR count). The Morgan fingerprint density at radius 1 is 1.18 bits per heavy atom. The number of hydrogen-bond donors (Lipinski definition) is 2. The van der Waals surface area contributed by atoms with E-state index in [1.165, 1.54) is 46.4 Å². The maximum absolute atomic E-state index is 12.4. The number of halogens is 1. The first-order valence-electron chi connectivity index (χ1n) is 7.00. The van der Waals surface area contributed by atoms with Crippen LogP contribution in [-0.4, -0.2) is 17.0 Å². The summed E-state index contributed by atoms with van der Waals surface area (Å²) in [6, 6.07) is 6.18. The van der Waals surface area contributed by atoms with Gasteiger partial charge >= 0.3 is 5.97 Å². The average molecular weight is 336 g/mol. The highest BCUT2D eigenvalue weighted by Gasteiger charge is 2.18. The lowest BCUT2D eigenvalue weighted by molar-refractivity contribution is 0.0696. The molecule has 1 aliphatic rings. The Bertz CT molecular complexity index is 730. The van der Waals surface area contributed by atoms with Gasteiger partial charge in [0, 0.05) is 4.88 Å². The van der Waals surface area contributed by atoms with Crippen LogP contribution in [0.15, 0.2) is 24.3 Å². The van der Waals surface area contributed by atoms with Crippen molar-refractivity contribution in [3.63, 3.8) is 0 Å². The molecule has 22 heavy (non-hydrogen) atoms. The number of thiophene rings is 1. The van der Waals surface area contributed by atoms with Gasteiger partial charge in [0.05, 0.1) is 21.2 Å². The number of anilines is 1. The molecule has 0 bridgehead atoms. The molecule has 0 aliphatic heterocycles. The lowest BCUT2D eigenvalue weighted by Crippen LogP contribution is -2.11. The molecule has 0 saturated carbocycles. The van der Waals surface area contributed by atoms with Gasteiger partial charge in [-0.1, -0.05) is 11.6 Å². The number of carboxylic acid groups (broad SMARTS) is 1. The van der Waals surface area contributed by atoms with Gasteiger partial charge in [0.25, 0.3) is 5.91 Å². The summed E-state index contributed by atoms with van der Waals surface area (Å²) in [4.78, 5) is 25.3. The Kier molecular flexibility index (Phi) is 4.18. The van der Waals surface area contributed by atoms with Crippen molar-refractivity contribution in [2.45, 2.75) is 25.7 Å². The topological polar surface area (TPSA) is 66.4 Å². The lowest BCUT2D eigenvalue weighted by atomic mass is 9.99. The highest BCUT2D eigenvalue weighted by Crippen LogP contribution is 2.31. The Morgan fingerprint density at radius 2 is 1.95 bits per heavy atom. The normalized spacial score (nSPS) is 13.5. The van der Waals surface area contributed by atoms with Gasteiger partial charge in [-0.05, 0) is 55.5 Å². The summed E-state index contributed by atoms with van der Waals surface area (Å²) in [6.07, 6.45) is 4.38. The maximum Gasteiger partial charge on any atom is 0.335 e. The molecule has 0 fully saturated rings. The zero-order valence-corrected chi connectivity index (χ0v) is 13.3. The molecular formula is C16H14ClNO3S. The summed E-state index contributed by atoms with van der Waals surface area (Å²) in [6.45, 7) is 0. The van der Waals surface area contributed by atoms with Crippen LogP contribution in [0.4, 0.5) is 5.69 Å². The van der Waals surface area contributed by atoms with E-state index >= 15 is 0 Å². The third-order valence-electron chi connectivity index (χ3n) is 3.68. The van der Waals surface area contributed by atoms with Crippen LogP contribution in [0.3, 0.4) is 0 Å². The highest BCUT2D eigenvalue weighted by atomic mass is 35.5. The fourth-order valence-electron chi connectivity index (χ4n) is 2.54. The molecule has 0 radical (unpaired) electrons. The molecule has 6 heteroatoms. The molecule has 4 nitrogen and oxygen atoms in total. The van der Waals surface area contributed by atoms with E-state index in [1.54, 1.807) is 0 Å². The molecule has 0 spiro atoms. The molecule has 0 unspecified atom stereocenters. The number of carbonyl (C=O) groups is 2. The zero-order chi connectivity index (χ0) is 15.7. The van der Waals surface area contributed by atoms with Crippen LogP contribution in [0.2, 0.25) is 5.02 Å². The number of aryl methyl sites for hydroxylation is 2. The molecule has 114 valence electrons. The number of rotatable bonds is 3. The minimum atomic E-state index is -1.06. The molecule has 2 N–H and O–H groups in total. The first kappa shape index (κ1) is 15.1. The monoisotopic (exact) mass is 335 g/mol. The van der Waals surface area contributed by atoms with Crippen molar-refractivity contribution in [1.29, 1.82) is 0 Å². The molecule has 1 aliphatic carbocycles. The third-order valence-corrected chi connectivity index (χ3v) is 5.25. The predicted octanol–water partition coefficient (Wildman–Crippen LogP) is 4.23. The summed E-state index contributed by atoms with van der Waals surface area (Å²) < 4.78 is 0. The van der Waals surface area contributed by atoms with Crippen LogP contribution >= 0.6 is 22.9 Å². The SMILES string of the molecule is O=C(O)c1ccc(Cl)c(NC(=O)c2cc3c(s2)CCCC3)c1. The van der Waals surface area contributed by atoms with Crippen molar-refractivity contribution in [3.05, 3.63) is 50.2 Å². The van der Waals surface area contributed by atoms with Gasteiger partial charge in [0.15, 0.2) is 0 Å². The fourth-order valence-corrected chi connectivity index (χ4v) is 3.85. The number of aromatic carboxylic acids is 1. The van der Waals surface area contributed by atoms with Gasteiger partial charge in [-0.15, -0.1) is 11.3 Å². The van der Waals surface area contributed by atoms with Crippen LogP contribution in [0.1, 0.15) is 43.3 Å². The predicted molar refractivity (Wildman–Crippen MR) is 87.3 cm³/mol. The number of carbonyl (C=O) groups excluding carboxylic acids is 1. The molecule has 1 aromatic carbocycles. The van der Waals surface area contributed by atoms with E-state index in [2.05, 4.69) is 5.32 Å². The number of carboxylic acids is 1. The average Bonchev–Trinajstić information content (AvgIpc) is 2.93. The van der Waals surface area contributed by atoms with Crippen molar-refractivity contribution in [2.75, 3.05) is 5.32 Å². The van der Waals surface area contributed by atoms with Gasteiger partial charge in [-0.2, -0.15) is 0 Å². The second kappa shape index (κ2) is 6.10. The molecule has 0 saturated heterocycles. The molecule has 0 atom stereocenters. The maximum atomic E-state index is 12.4. The number of hydrogen-bond acceptors (Lipinski definition) is 3. The Hall–Kier alpha value is -1.85. The second-order valence-corrected chi connectivity index (χ2v) is 6.76. The van der Waals surface area contributed by atoms with Crippen molar-refractivity contribution in [3.8, 4) is 0 Å². The van der Waals surface area contributed by atoms with E-state index < -0.39 is 5.97 Å². The van der Waals surface area contributed by atoms with E-state index in [0.29, 0.717) is 15.6 Å². The van der Waals surface area contributed by atoms with Crippen LogP contribution in [-0.2, 0) is 12.8 Å². The van der Waals surface area contributed by atoms with Crippen molar-refractivity contribution in [2.24, 2.45) is 0 Å². The van der Waals surface area contributed by atoms with Crippen LogP contribution in [0, 0.1) is 0 Å². The summed E-state index contributed by atoms with van der Waals surface area (Å²) in [7, 11) is 0. The molecule has 2 aromatic rings. The highest BCUT2D eigenvalue weighted by molar-refractivity contribution is 7.14. The van der Waals surface area contributed by atoms with Crippen LogP contribution in [0.25, 0.3) is 0 Å². The van der Waals surface area contributed by atoms with E-state index in [0.717, 1.165) is 19.3 Å². The molecular weight excluding hydrogens is 322 g/mol. The van der Waals surface area contributed by atoms with Gasteiger partial charge in [-0.25, -0.2) is 4.79 Å². The fraction of sp³-hybridized carbons (Fsp3) is 0.250. The minimum Gasteiger partial charge on any atom is -0.478 e. The largest absolute Gasteiger partial charge is 0.478 e. The zero-order valence-electron chi connectivity index (χ0n) is 11.7. The summed E-state index contributed by atoms with van der Waals surface area (Å²) >= 11 is 7.54. The Labute approximate surface area is 136 Å². The summed E-state index contributed by atoms with van der Waals surface area (Å²) in [5, 5.41) is 12.0. The van der Waals surface area contributed by atoms with E-state index in [4.69, 9.17) is 16.7 Å². The van der Waals surface area contributed by atoms with Gasteiger partial charge in [-0.3, -0.25) is 4.79 Å². The Morgan fingerprint density at radius 3 is 2.68 bits per heavy atom. The molecule has 1 heterocycles. The lowest BCUT2D eigenvalue weighted by Gasteiger charge is -2.08. The molecule has 1 aromatic heterocycles. The standard InChI is InChI=1S/C16H14ClNO3S/c17-11-6-5-10(16(20)21)7-12(11)18-15(19)14-8-9-3-1-2-4-13(9)22-14/h5-8H,1-4H2,(H,18,19)(H,20,21). The minimum absolute atomic E-state index is 0.0881. The third kappa shape index (κ3) is 3.00. The number of nitrogens with one attached hydrogen (secondary N) is 1. The summed E-state index contributed by atoms with van der Waals surface area (Å²) in [5.41, 5.74) is 1.66. The summed E-state index contributed by atoms with van der Waals surface area (Å²) in [5.74, 6) is -1.30. The van der Waals surface area contributed by atoms with E-state index in [1.807, 2.05) is 6.07 Å². The van der Waals surface area contributed by atoms with Gasteiger partial charge in [0.1, 0.15) is 0 Å². The van der Waals surface area contributed by atoms with Crippen molar-refractivity contribution >= 4 is 40.5 Å². The van der Waals surface area contributed by atoms with Crippen molar-refractivity contribution in [1.82, 2.24) is 0 Å². The van der Waals surface area contributed by atoms with Crippen LogP contribution < -0.4 is 5.32 Å². The van der Waals surface area contributed by atoms with E-state index in [-0.39, 0.29) is 11.5 Å². The quantitative estimate of drug-likeness (QED) is 0.882. The second-order valence-electron chi connectivity index (χ2n) is 5.22. The number of benzene rings is 1. The van der Waals surface area contributed by atoms with E-state index in [9.17, 15) is 9.59 Å². The Balaban J connectivity index is 1.83. The first-order chi connectivity index (χ1) is 10.5. The molecule has 1 amide bonds. The first-order valence-corrected chi connectivity index (χ1v) is 8.20. The van der Waals surface area contributed by atoms with Gasteiger partial charge < -0.3 is 10.4 Å². The van der Waals surface area contributed by atoms with Crippen molar-refractivity contribution < 1.29 is 14.7 Å².